The van der Waals surface area contributed by atoms with E-state index in [4.69, 9.17) is 0 Å². The number of nitrogens with one attached hydrogen (secondary N) is 1. The van der Waals surface area contributed by atoms with Crippen molar-refractivity contribution in [2.24, 2.45) is 0 Å². The van der Waals surface area contributed by atoms with Crippen LogP contribution in [0, 0.1) is 0 Å². The van der Waals surface area contributed by atoms with Crippen molar-refractivity contribution in [2.75, 3.05) is 0 Å². The smallest absolute Gasteiger partial charge is 0.0629 e. The van der Waals surface area contributed by atoms with E-state index in [2.05, 4.69) is 15.2 Å². The molecule has 0 atom stereocenters. The number of H-pyrrole nitrogens is 1. The van der Waals surface area contributed by atoms with Crippen LogP contribution in [-0.4, -0.2) is 15.2 Å². The summed E-state index contributed by atoms with van der Waals surface area (Å²) in [4.78, 5) is 4.16. The van der Waals surface area contributed by atoms with Gasteiger partial charge in [-0.2, -0.15) is 5.10 Å². The molecule has 0 aliphatic carbocycles. The third kappa shape index (κ3) is 2.02. The topological polar surface area (TPSA) is 41.6 Å². The van der Waals surface area contributed by atoms with Crippen molar-refractivity contribution < 1.29 is 0 Å². The monoisotopic (exact) mass is 171 g/mol. The molecule has 0 aromatic carbocycles. The van der Waals surface area contributed by atoms with Crippen LogP contribution in [0.4, 0.5) is 0 Å². The Morgan fingerprint density at radius 1 is 1.23 bits per heavy atom. The van der Waals surface area contributed by atoms with E-state index in [1.165, 1.54) is 0 Å². The number of nitrogens with zero attached hydrogens (tertiary/aromatic N) is 2. The summed E-state index contributed by atoms with van der Waals surface area (Å²) < 4.78 is 0. The molecule has 0 unspecified atom stereocenters. The van der Waals surface area contributed by atoms with Gasteiger partial charge in [0.2, 0.25) is 0 Å². The Bertz CT molecular complexity index is 376. The molecule has 0 radical (unpaired) electrons. The summed E-state index contributed by atoms with van der Waals surface area (Å²) in [6.45, 7) is 0. The van der Waals surface area contributed by atoms with Crippen LogP contribution in [-0.2, 0) is 0 Å². The Labute approximate surface area is 76.1 Å². The molecule has 0 fully saturated rings. The normalized spacial score (nSPS) is 10.8. The van der Waals surface area contributed by atoms with Crippen LogP contribution in [0.1, 0.15) is 11.3 Å². The molecule has 0 aliphatic heterocycles. The van der Waals surface area contributed by atoms with E-state index >= 15 is 0 Å². The zero-order chi connectivity index (χ0) is 8.93. The number of pyridine rings is 1. The van der Waals surface area contributed by atoms with Gasteiger partial charge in [-0.25, -0.2) is 0 Å². The molecule has 3 heteroatoms. The van der Waals surface area contributed by atoms with Crippen molar-refractivity contribution in [3.63, 3.8) is 0 Å². The molecule has 2 aromatic rings. The van der Waals surface area contributed by atoms with Crippen molar-refractivity contribution >= 4 is 12.2 Å². The Kier molecular flexibility index (Phi) is 2.18. The standard InChI is InChI=1S/C10H9N3/c1-2-6-11-10(3-1)5-4-9-7-12-13-8-9/h1-8H,(H,12,13). The summed E-state index contributed by atoms with van der Waals surface area (Å²) in [7, 11) is 0. The Morgan fingerprint density at radius 2 is 2.23 bits per heavy atom. The lowest BCUT2D eigenvalue weighted by Gasteiger charge is -1.88. The maximum atomic E-state index is 4.16. The van der Waals surface area contributed by atoms with Gasteiger partial charge in [0, 0.05) is 18.0 Å². The lowest BCUT2D eigenvalue weighted by atomic mass is 10.3. The Morgan fingerprint density at radius 3 is 2.92 bits per heavy atom. The van der Waals surface area contributed by atoms with E-state index in [1.54, 1.807) is 12.4 Å². The highest BCUT2D eigenvalue weighted by Gasteiger charge is 1.87. The maximum absolute atomic E-state index is 4.16. The number of aromatic nitrogens is 3. The second kappa shape index (κ2) is 3.67. The van der Waals surface area contributed by atoms with Gasteiger partial charge in [-0.15, -0.1) is 0 Å². The maximum Gasteiger partial charge on any atom is 0.0629 e. The van der Waals surface area contributed by atoms with Crippen LogP contribution in [0.2, 0.25) is 0 Å². The summed E-state index contributed by atoms with van der Waals surface area (Å²) in [6, 6.07) is 5.81. The molecule has 1 N–H and O–H groups in total. The highest BCUT2D eigenvalue weighted by Crippen LogP contribution is 2.02. The second-order valence-corrected chi connectivity index (χ2v) is 2.62. The molecule has 3 nitrogen and oxygen atoms in total. The summed E-state index contributed by atoms with van der Waals surface area (Å²) in [5.41, 5.74) is 1.99. The fourth-order valence-corrected chi connectivity index (χ4v) is 1.01. The predicted octanol–water partition coefficient (Wildman–Crippen LogP) is 1.98. The van der Waals surface area contributed by atoms with Crippen molar-refractivity contribution in [1.29, 1.82) is 0 Å². The second-order valence-electron chi connectivity index (χ2n) is 2.62. The zero-order valence-corrected chi connectivity index (χ0v) is 7.01. The highest BCUT2D eigenvalue weighted by atomic mass is 15.1. The Balaban J connectivity index is 2.15. The molecule has 0 spiro atoms. The average Bonchev–Trinajstić information content (AvgIpc) is 2.69. The number of hydrogen-bond donors (Lipinski definition) is 1. The summed E-state index contributed by atoms with van der Waals surface area (Å²) in [5.74, 6) is 0. The van der Waals surface area contributed by atoms with Gasteiger partial charge in [0.15, 0.2) is 0 Å². The van der Waals surface area contributed by atoms with Crippen LogP contribution in [0.5, 0.6) is 0 Å². The van der Waals surface area contributed by atoms with Crippen LogP contribution in [0.3, 0.4) is 0 Å². The molecule has 2 rings (SSSR count). The molecule has 0 aliphatic rings. The van der Waals surface area contributed by atoms with Gasteiger partial charge in [-0.1, -0.05) is 6.07 Å². The molecule has 0 saturated heterocycles. The first-order valence-corrected chi connectivity index (χ1v) is 4.03. The summed E-state index contributed by atoms with van der Waals surface area (Å²) in [6.07, 6.45) is 9.28. The molecule has 2 aromatic heterocycles. The third-order valence-corrected chi connectivity index (χ3v) is 1.65. The molecule has 2 heterocycles. The zero-order valence-electron chi connectivity index (χ0n) is 7.01. The van der Waals surface area contributed by atoms with Crippen LogP contribution in [0.25, 0.3) is 12.2 Å². The van der Waals surface area contributed by atoms with Crippen molar-refractivity contribution in [3.8, 4) is 0 Å². The first-order chi connectivity index (χ1) is 6.45. The molecule has 0 saturated carbocycles. The average molecular weight is 171 g/mol. The lowest BCUT2D eigenvalue weighted by molar-refractivity contribution is 1.09. The van der Waals surface area contributed by atoms with Crippen LogP contribution in [0.15, 0.2) is 36.8 Å². The molecule has 0 amide bonds. The van der Waals surface area contributed by atoms with E-state index in [9.17, 15) is 0 Å². The van der Waals surface area contributed by atoms with Crippen LogP contribution >= 0.6 is 0 Å². The third-order valence-electron chi connectivity index (χ3n) is 1.65. The van der Waals surface area contributed by atoms with Crippen molar-refractivity contribution in [1.82, 2.24) is 15.2 Å². The minimum absolute atomic E-state index is 0.948. The first-order valence-electron chi connectivity index (χ1n) is 4.03. The highest BCUT2D eigenvalue weighted by molar-refractivity contribution is 5.66. The van der Waals surface area contributed by atoms with E-state index in [1.807, 2.05) is 36.5 Å². The quantitative estimate of drug-likeness (QED) is 0.750. The van der Waals surface area contributed by atoms with Crippen molar-refractivity contribution in [2.45, 2.75) is 0 Å². The number of hydrogen-bond acceptors (Lipinski definition) is 2. The SMILES string of the molecule is C(=Cc1ccccn1)c1cn[nH]c1. The van der Waals surface area contributed by atoms with Gasteiger partial charge < -0.3 is 0 Å². The number of rotatable bonds is 2. The van der Waals surface area contributed by atoms with Gasteiger partial charge in [0.25, 0.3) is 0 Å². The minimum Gasteiger partial charge on any atom is -0.285 e. The van der Waals surface area contributed by atoms with E-state index < -0.39 is 0 Å². The molecular weight excluding hydrogens is 162 g/mol. The largest absolute Gasteiger partial charge is 0.285 e. The van der Waals surface area contributed by atoms with Gasteiger partial charge >= 0.3 is 0 Å². The summed E-state index contributed by atoms with van der Waals surface area (Å²) >= 11 is 0. The predicted molar refractivity (Wildman–Crippen MR) is 51.8 cm³/mol. The number of aromatic amines is 1. The van der Waals surface area contributed by atoms with Gasteiger partial charge in [0.1, 0.15) is 0 Å². The minimum atomic E-state index is 0.948. The van der Waals surface area contributed by atoms with E-state index in [0.717, 1.165) is 11.3 Å². The molecule has 0 bridgehead atoms. The van der Waals surface area contributed by atoms with Gasteiger partial charge in [0.05, 0.1) is 11.9 Å². The van der Waals surface area contributed by atoms with Gasteiger partial charge in [-0.05, 0) is 24.3 Å². The Hall–Kier alpha value is -1.90. The first kappa shape index (κ1) is 7.73. The van der Waals surface area contributed by atoms with Gasteiger partial charge in [-0.3, -0.25) is 10.1 Å². The lowest BCUT2D eigenvalue weighted by Crippen LogP contribution is -1.75. The molecular formula is C10H9N3. The van der Waals surface area contributed by atoms with Crippen LogP contribution < -0.4 is 0 Å². The summed E-state index contributed by atoms with van der Waals surface area (Å²) in [5, 5.41) is 6.58. The molecule has 13 heavy (non-hydrogen) atoms. The van der Waals surface area contributed by atoms with Crippen molar-refractivity contribution in [3.05, 3.63) is 48.0 Å². The van der Waals surface area contributed by atoms with E-state index in [0.29, 0.717) is 0 Å². The van der Waals surface area contributed by atoms with E-state index in [-0.39, 0.29) is 0 Å². The molecule has 64 valence electrons. The fraction of sp³-hybridized carbons (Fsp3) is 0. The fourth-order valence-electron chi connectivity index (χ4n) is 1.01.